The van der Waals surface area contributed by atoms with Gasteiger partial charge >= 0.3 is 0 Å². The van der Waals surface area contributed by atoms with Crippen LogP contribution in [0.25, 0.3) is 0 Å². The second-order valence-corrected chi connectivity index (χ2v) is 6.66. The Morgan fingerprint density at radius 3 is 3.10 bits per heavy atom. The number of thioether (sulfide) groups is 1. The van der Waals surface area contributed by atoms with E-state index in [1.165, 1.54) is 10.5 Å². The van der Waals surface area contributed by atoms with Crippen molar-refractivity contribution in [2.45, 2.75) is 42.5 Å². The molecule has 0 aliphatic carbocycles. The second kappa shape index (κ2) is 6.19. The van der Waals surface area contributed by atoms with E-state index in [4.69, 9.17) is 5.11 Å². The van der Waals surface area contributed by atoms with Gasteiger partial charge in [-0.2, -0.15) is 0 Å². The fraction of sp³-hybridized carbons (Fsp3) is 0.562. The fourth-order valence-electron chi connectivity index (χ4n) is 3.32. The molecule has 108 valence electrons. The van der Waals surface area contributed by atoms with E-state index in [0.717, 1.165) is 38.0 Å². The fourth-order valence-corrected chi connectivity index (χ4v) is 4.54. The summed E-state index contributed by atoms with van der Waals surface area (Å²) in [4.78, 5) is 16.2. The zero-order valence-corrected chi connectivity index (χ0v) is 12.4. The first-order valence-corrected chi connectivity index (χ1v) is 8.43. The van der Waals surface area contributed by atoms with E-state index in [1.54, 1.807) is 11.8 Å². The third kappa shape index (κ3) is 2.59. The van der Waals surface area contributed by atoms with E-state index in [1.807, 2.05) is 12.1 Å². The second-order valence-electron chi connectivity index (χ2n) is 5.59. The van der Waals surface area contributed by atoms with E-state index < -0.39 is 0 Å². The molecule has 3 rings (SSSR count). The molecular weight excluding hydrogens is 270 g/mol. The highest BCUT2D eigenvalue weighted by Gasteiger charge is 2.36. The van der Waals surface area contributed by atoms with Crippen molar-refractivity contribution in [3.05, 3.63) is 29.8 Å². The Morgan fingerprint density at radius 2 is 2.25 bits per heavy atom. The highest BCUT2D eigenvalue weighted by Crippen LogP contribution is 2.41. The van der Waals surface area contributed by atoms with Gasteiger partial charge in [-0.1, -0.05) is 18.2 Å². The number of hydrogen-bond acceptors (Lipinski definition) is 3. The topological polar surface area (TPSA) is 40.5 Å². The number of rotatable bonds is 4. The number of fused-ring (bicyclic) bond motifs is 1. The van der Waals surface area contributed by atoms with Crippen molar-refractivity contribution in [3.63, 3.8) is 0 Å². The minimum Gasteiger partial charge on any atom is -0.396 e. The number of carbonyl (C=O) groups is 1. The molecule has 1 fully saturated rings. The molecule has 3 nitrogen and oxygen atoms in total. The van der Waals surface area contributed by atoms with Crippen molar-refractivity contribution in [1.82, 2.24) is 4.90 Å². The van der Waals surface area contributed by atoms with Gasteiger partial charge in [-0.25, -0.2) is 0 Å². The summed E-state index contributed by atoms with van der Waals surface area (Å²) in [7, 11) is 0. The first-order chi connectivity index (χ1) is 9.81. The van der Waals surface area contributed by atoms with Crippen LogP contribution in [0.1, 0.15) is 37.2 Å². The Bertz CT molecular complexity index is 491. The number of aliphatic hydroxyl groups is 1. The molecule has 1 amide bonds. The summed E-state index contributed by atoms with van der Waals surface area (Å²) in [6.07, 6.45) is 3.92. The summed E-state index contributed by atoms with van der Waals surface area (Å²) in [5.74, 6) is 1.20. The summed E-state index contributed by atoms with van der Waals surface area (Å²) < 4.78 is 0. The monoisotopic (exact) mass is 291 g/mol. The number of amides is 1. The summed E-state index contributed by atoms with van der Waals surface area (Å²) in [6, 6.07) is 8.61. The lowest BCUT2D eigenvalue weighted by Gasteiger charge is -2.27. The molecular formula is C16H21NO2S. The molecule has 0 saturated carbocycles. The number of benzene rings is 1. The Hall–Kier alpha value is -1.00. The van der Waals surface area contributed by atoms with Crippen LogP contribution in [0.15, 0.2) is 29.2 Å². The maximum atomic E-state index is 12.8. The quantitative estimate of drug-likeness (QED) is 0.927. The first kappa shape index (κ1) is 14.0. The number of hydrogen-bond donors (Lipinski definition) is 1. The van der Waals surface area contributed by atoms with Crippen LogP contribution < -0.4 is 0 Å². The molecule has 1 N–H and O–H groups in total. The lowest BCUT2D eigenvalue weighted by atomic mass is 9.99. The molecule has 0 aromatic heterocycles. The smallest absolute Gasteiger partial charge is 0.231 e. The highest BCUT2D eigenvalue weighted by atomic mass is 32.2. The highest BCUT2D eigenvalue weighted by molar-refractivity contribution is 7.99. The van der Waals surface area contributed by atoms with Gasteiger partial charge in [0.25, 0.3) is 0 Å². The maximum absolute atomic E-state index is 12.8. The Morgan fingerprint density at radius 1 is 1.40 bits per heavy atom. The number of aliphatic hydroxyl groups excluding tert-OH is 1. The van der Waals surface area contributed by atoms with Crippen LogP contribution in [0.2, 0.25) is 0 Å². The Balaban J connectivity index is 1.73. The van der Waals surface area contributed by atoms with Crippen molar-refractivity contribution in [2.75, 3.05) is 18.9 Å². The van der Waals surface area contributed by atoms with E-state index in [0.29, 0.717) is 11.9 Å². The molecule has 2 aliphatic rings. The van der Waals surface area contributed by atoms with Gasteiger partial charge in [0.15, 0.2) is 0 Å². The molecule has 0 bridgehead atoms. The van der Waals surface area contributed by atoms with Crippen molar-refractivity contribution in [3.8, 4) is 0 Å². The van der Waals surface area contributed by atoms with Gasteiger partial charge in [0, 0.05) is 29.8 Å². The van der Waals surface area contributed by atoms with Crippen LogP contribution in [0.3, 0.4) is 0 Å². The zero-order valence-electron chi connectivity index (χ0n) is 11.6. The first-order valence-electron chi connectivity index (χ1n) is 7.44. The average molecular weight is 291 g/mol. The van der Waals surface area contributed by atoms with Gasteiger partial charge in [0.05, 0.1) is 5.92 Å². The molecule has 2 atom stereocenters. The van der Waals surface area contributed by atoms with Crippen molar-refractivity contribution in [2.24, 2.45) is 0 Å². The zero-order chi connectivity index (χ0) is 13.9. The normalized spacial score (nSPS) is 24.9. The van der Waals surface area contributed by atoms with Crippen LogP contribution in [-0.4, -0.2) is 40.9 Å². The van der Waals surface area contributed by atoms with E-state index in [9.17, 15) is 4.79 Å². The maximum Gasteiger partial charge on any atom is 0.231 e. The molecule has 2 heterocycles. The largest absolute Gasteiger partial charge is 0.396 e. The SMILES string of the molecule is O=C(C1CSc2ccccc21)N1CCCC1CCCO. The molecule has 2 aliphatic heterocycles. The lowest BCUT2D eigenvalue weighted by molar-refractivity contribution is -0.133. The molecule has 2 unspecified atom stereocenters. The third-order valence-electron chi connectivity index (χ3n) is 4.35. The summed E-state index contributed by atoms with van der Waals surface area (Å²) in [5, 5.41) is 8.99. The lowest BCUT2D eigenvalue weighted by Crippen LogP contribution is -2.39. The number of carbonyl (C=O) groups excluding carboxylic acids is 1. The van der Waals surface area contributed by atoms with Crippen LogP contribution in [-0.2, 0) is 4.79 Å². The summed E-state index contributed by atoms with van der Waals surface area (Å²) >= 11 is 1.79. The Labute approximate surface area is 124 Å². The Kier molecular flexibility index (Phi) is 4.32. The molecule has 0 spiro atoms. The van der Waals surface area contributed by atoms with E-state index in [2.05, 4.69) is 17.0 Å². The molecule has 4 heteroatoms. The molecule has 0 radical (unpaired) electrons. The minimum atomic E-state index is 0.0333. The van der Waals surface area contributed by atoms with E-state index in [-0.39, 0.29) is 12.5 Å². The van der Waals surface area contributed by atoms with Crippen LogP contribution in [0, 0.1) is 0 Å². The molecule has 1 aromatic carbocycles. The van der Waals surface area contributed by atoms with Crippen molar-refractivity contribution < 1.29 is 9.90 Å². The average Bonchev–Trinajstić information content (AvgIpc) is 3.11. The van der Waals surface area contributed by atoms with Crippen LogP contribution in [0.5, 0.6) is 0 Å². The summed E-state index contributed by atoms with van der Waals surface area (Å²) in [6.45, 7) is 1.11. The van der Waals surface area contributed by atoms with Crippen molar-refractivity contribution >= 4 is 17.7 Å². The predicted octanol–water partition coefficient (Wildman–Crippen LogP) is 2.64. The minimum absolute atomic E-state index is 0.0333. The molecule has 1 aromatic rings. The number of nitrogens with zero attached hydrogens (tertiary/aromatic N) is 1. The van der Waals surface area contributed by atoms with Gasteiger partial charge in [-0.15, -0.1) is 11.8 Å². The molecule has 20 heavy (non-hydrogen) atoms. The molecule has 1 saturated heterocycles. The van der Waals surface area contributed by atoms with Crippen LogP contribution in [0.4, 0.5) is 0 Å². The number of likely N-dealkylation sites (tertiary alicyclic amines) is 1. The van der Waals surface area contributed by atoms with Gasteiger partial charge in [0.2, 0.25) is 5.91 Å². The summed E-state index contributed by atoms with van der Waals surface area (Å²) in [5.41, 5.74) is 1.20. The van der Waals surface area contributed by atoms with Gasteiger partial charge in [-0.3, -0.25) is 4.79 Å². The van der Waals surface area contributed by atoms with Gasteiger partial charge in [0.1, 0.15) is 0 Å². The standard InChI is InChI=1S/C16H21NO2S/c18-10-4-6-12-5-3-9-17(12)16(19)14-11-20-15-8-2-1-7-13(14)15/h1-2,7-8,12,14,18H,3-6,9-11H2. The van der Waals surface area contributed by atoms with Crippen LogP contribution >= 0.6 is 11.8 Å². The van der Waals surface area contributed by atoms with E-state index >= 15 is 0 Å². The third-order valence-corrected chi connectivity index (χ3v) is 5.54. The predicted molar refractivity (Wildman–Crippen MR) is 81.0 cm³/mol. The van der Waals surface area contributed by atoms with Gasteiger partial charge in [-0.05, 0) is 37.3 Å². The van der Waals surface area contributed by atoms with Gasteiger partial charge < -0.3 is 10.0 Å². The van der Waals surface area contributed by atoms with Crippen molar-refractivity contribution in [1.29, 1.82) is 0 Å².